The number of halogens is 2. The molecule has 1 unspecified atom stereocenters. The summed E-state index contributed by atoms with van der Waals surface area (Å²) in [4.78, 5) is 14.6. The third-order valence-electron chi connectivity index (χ3n) is 2.57. The van der Waals surface area contributed by atoms with Crippen molar-refractivity contribution in [1.82, 2.24) is 5.32 Å². The van der Waals surface area contributed by atoms with Crippen molar-refractivity contribution < 1.29 is 9.53 Å². The molecule has 1 aromatic rings. The van der Waals surface area contributed by atoms with Crippen LogP contribution < -0.4 is 5.32 Å². The fraction of sp³-hybridized carbons (Fsp3) is 0.500. The summed E-state index contributed by atoms with van der Waals surface area (Å²) < 4.78 is 5.20. The molecule has 1 N–H and O–H groups in total. The highest BCUT2D eigenvalue weighted by molar-refractivity contribution is 6.35. The van der Waals surface area contributed by atoms with E-state index in [2.05, 4.69) is 15.3 Å². The van der Waals surface area contributed by atoms with Gasteiger partial charge in [0.1, 0.15) is 5.60 Å². The zero-order valence-electron chi connectivity index (χ0n) is 12.6. The van der Waals surface area contributed by atoms with Crippen LogP contribution in [0.2, 0.25) is 10.0 Å². The minimum Gasteiger partial charge on any atom is -0.444 e. The molecule has 6 nitrogen and oxygen atoms in total. The summed E-state index contributed by atoms with van der Waals surface area (Å²) in [6.45, 7) is 5.40. The number of alkyl carbamates (subject to hydrolysis) is 1. The number of carbonyl (C=O) groups excluding carboxylic acids is 1. The summed E-state index contributed by atoms with van der Waals surface area (Å²) in [7, 11) is 0. The van der Waals surface area contributed by atoms with Crippen LogP contribution in [0.15, 0.2) is 23.3 Å². The molecule has 22 heavy (non-hydrogen) atoms. The molecule has 1 rings (SSSR count). The van der Waals surface area contributed by atoms with Gasteiger partial charge < -0.3 is 10.1 Å². The van der Waals surface area contributed by atoms with Crippen LogP contribution in [0.5, 0.6) is 0 Å². The highest BCUT2D eigenvalue weighted by Gasteiger charge is 2.20. The second-order valence-electron chi connectivity index (χ2n) is 5.70. The van der Waals surface area contributed by atoms with Gasteiger partial charge in [-0.15, -0.1) is 0 Å². The highest BCUT2D eigenvalue weighted by atomic mass is 35.5. The number of hydrogen-bond donors (Lipinski definition) is 1. The lowest BCUT2D eigenvalue weighted by atomic mass is 10.1. The predicted octanol–water partition coefficient (Wildman–Crippen LogP) is 4.74. The van der Waals surface area contributed by atoms with E-state index in [1.165, 1.54) is 0 Å². The first-order valence-electron chi connectivity index (χ1n) is 6.65. The summed E-state index contributed by atoms with van der Waals surface area (Å²) in [5.41, 5.74) is 8.65. The summed E-state index contributed by atoms with van der Waals surface area (Å²) >= 11 is 12.0. The maximum atomic E-state index is 11.8. The van der Waals surface area contributed by atoms with Crippen LogP contribution in [0.3, 0.4) is 0 Å². The van der Waals surface area contributed by atoms with E-state index in [1.54, 1.807) is 39.0 Å². The Morgan fingerprint density at radius 2 is 2.14 bits per heavy atom. The monoisotopic (exact) mass is 344 g/mol. The molecule has 1 atom stereocenters. The molecule has 0 spiro atoms. The number of carbonyl (C=O) groups is 1. The number of azide groups is 1. The first kappa shape index (κ1) is 18.4. The molecular formula is C14H18Cl2N4O2. The van der Waals surface area contributed by atoms with Gasteiger partial charge in [-0.2, -0.15) is 0 Å². The summed E-state index contributed by atoms with van der Waals surface area (Å²) in [6, 6.07) is 4.67. The van der Waals surface area contributed by atoms with Gasteiger partial charge in [0.05, 0.1) is 0 Å². The van der Waals surface area contributed by atoms with E-state index in [1.807, 2.05) is 0 Å². The van der Waals surface area contributed by atoms with Gasteiger partial charge in [0.2, 0.25) is 0 Å². The van der Waals surface area contributed by atoms with Crippen molar-refractivity contribution in [2.24, 2.45) is 5.11 Å². The van der Waals surface area contributed by atoms with Gasteiger partial charge in [0, 0.05) is 27.5 Å². The van der Waals surface area contributed by atoms with Crippen molar-refractivity contribution in [2.75, 3.05) is 6.54 Å². The van der Waals surface area contributed by atoms with Crippen LogP contribution in [0.4, 0.5) is 4.79 Å². The molecule has 0 radical (unpaired) electrons. The fourth-order valence-corrected chi connectivity index (χ4v) is 2.21. The molecule has 120 valence electrons. The minimum absolute atomic E-state index is 0.0920. The van der Waals surface area contributed by atoms with Gasteiger partial charge in [-0.05, 0) is 50.4 Å². The Labute approximate surface area is 139 Å². The predicted molar refractivity (Wildman–Crippen MR) is 87.3 cm³/mol. The van der Waals surface area contributed by atoms with E-state index in [-0.39, 0.29) is 6.54 Å². The second kappa shape index (κ2) is 8.13. The van der Waals surface area contributed by atoms with Crippen LogP contribution in [-0.2, 0) is 11.2 Å². The zero-order valence-corrected chi connectivity index (χ0v) is 14.1. The highest BCUT2D eigenvalue weighted by Crippen LogP contribution is 2.22. The Kier molecular flexibility index (Phi) is 6.81. The summed E-state index contributed by atoms with van der Waals surface area (Å²) in [5, 5.41) is 7.21. The average molecular weight is 345 g/mol. The van der Waals surface area contributed by atoms with Crippen molar-refractivity contribution in [3.8, 4) is 0 Å². The molecule has 0 saturated carbocycles. The molecule has 8 heteroatoms. The van der Waals surface area contributed by atoms with Crippen molar-refractivity contribution in [3.05, 3.63) is 44.3 Å². The lowest BCUT2D eigenvalue weighted by molar-refractivity contribution is 0.0506. The number of ether oxygens (including phenoxy) is 1. The van der Waals surface area contributed by atoms with E-state index in [9.17, 15) is 4.79 Å². The maximum absolute atomic E-state index is 11.8. The number of amides is 1. The number of rotatable bonds is 5. The van der Waals surface area contributed by atoms with E-state index in [0.717, 1.165) is 5.56 Å². The van der Waals surface area contributed by atoms with Crippen LogP contribution in [-0.4, -0.2) is 24.3 Å². The summed E-state index contributed by atoms with van der Waals surface area (Å²) in [5.74, 6) is 0. The zero-order chi connectivity index (χ0) is 16.8. The van der Waals surface area contributed by atoms with Crippen molar-refractivity contribution in [3.63, 3.8) is 0 Å². The van der Waals surface area contributed by atoms with Gasteiger partial charge >= 0.3 is 6.09 Å². The molecule has 0 fully saturated rings. The van der Waals surface area contributed by atoms with Gasteiger partial charge in [-0.1, -0.05) is 34.4 Å². The molecule has 0 aliphatic heterocycles. The minimum atomic E-state index is -0.606. The van der Waals surface area contributed by atoms with Crippen LogP contribution in [0.1, 0.15) is 26.3 Å². The molecule has 0 aromatic heterocycles. The lowest BCUT2D eigenvalue weighted by Crippen LogP contribution is -2.41. The smallest absolute Gasteiger partial charge is 0.407 e. The Morgan fingerprint density at radius 1 is 1.45 bits per heavy atom. The molecule has 0 aliphatic carbocycles. The first-order chi connectivity index (χ1) is 10.2. The number of hydrogen-bond acceptors (Lipinski definition) is 3. The van der Waals surface area contributed by atoms with Gasteiger partial charge in [0.15, 0.2) is 0 Å². The summed E-state index contributed by atoms with van der Waals surface area (Å²) in [6.07, 6.45) is -0.176. The van der Waals surface area contributed by atoms with Crippen molar-refractivity contribution in [1.29, 1.82) is 0 Å². The molecule has 0 bridgehead atoms. The van der Waals surface area contributed by atoms with Crippen LogP contribution in [0.25, 0.3) is 10.4 Å². The third-order valence-corrected chi connectivity index (χ3v) is 3.15. The van der Waals surface area contributed by atoms with E-state index in [4.69, 9.17) is 33.5 Å². The largest absolute Gasteiger partial charge is 0.444 e. The Balaban J connectivity index is 2.79. The SMILES string of the molecule is CC(C)(C)OC(=O)NC(CN=[N+]=[N-])Cc1ccc(Cl)cc1Cl. The number of benzene rings is 1. The first-order valence-corrected chi connectivity index (χ1v) is 7.41. The van der Waals surface area contributed by atoms with E-state index < -0.39 is 17.7 Å². The standard InChI is InChI=1S/C14H18Cl2N4O2/c1-14(2,3)22-13(21)19-11(8-18-20-17)6-9-4-5-10(15)7-12(9)16/h4-5,7,11H,6,8H2,1-3H3,(H,19,21). The van der Waals surface area contributed by atoms with E-state index >= 15 is 0 Å². The van der Waals surface area contributed by atoms with Crippen molar-refractivity contribution >= 4 is 29.3 Å². The average Bonchev–Trinajstić information content (AvgIpc) is 2.36. The quantitative estimate of drug-likeness (QED) is 0.475. The van der Waals surface area contributed by atoms with Crippen LogP contribution >= 0.6 is 23.2 Å². The normalized spacial score (nSPS) is 12.2. The van der Waals surface area contributed by atoms with Gasteiger partial charge in [-0.25, -0.2) is 4.79 Å². The molecule has 0 saturated heterocycles. The molecule has 0 heterocycles. The Bertz CT molecular complexity index is 581. The van der Waals surface area contributed by atoms with E-state index in [0.29, 0.717) is 16.5 Å². The maximum Gasteiger partial charge on any atom is 0.407 e. The van der Waals surface area contributed by atoms with Crippen LogP contribution in [0, 0.1) is 0 Å². The molecule has 1 amide bonds. The van der Waals surface area contributed by atoms with Crippen molar-refractivity contribution in [2.45, 2.75) is 38.8 Å². The molecule has 1 aromatic carbocycles. The number of nitrogens with zero attached hydrogens (tertiary/aromatic N) is 3. The molecule has 0 aliphatic rings. The third kappa shape index (κ3) is 6.89. The Morgan fingerprint density at radius 3 is 2.68 bits per heavy atom. The fourth-order valence-electron chi connectivity index (χ4n) is 1.72. The second-order valence-corrected chi connectivity index (χ2v) is 6.54. The molecular weight excluding hydrogens is 327 g/mol. The topological polar surface area (TPSA) is 87.1 Å². The lowest BCUT2D eigenvalue weighted by Gasteiger charge is -2.23. The van der Waals surface area contributed by atoms with Gasteiger partial charge in [-0.3, -0.25) is 0 Å². The number of nitrogens with one attached hydrogen (secondary N) is 1. The Hall–Kier alpha value is -1.62. The van der Waals surface area contributed by atoms with Gasteiger partial charge in [0.25, 0.3) is 0 Å².